The Kier molecular flexibility index (Phi) is 3.09. The second-order valence-corrected chi connectivity index (χ2v) is 5.84. The molecule has 4 nitrogen and oxygen atoms in total. The predicted octanol–water partition coefficient (Wildman–Crippen LogP) is 0.563. The number of hydrogen-bond donors (Lipinski definition) is 1. The Hall–Kier alpha value is -0.610. The molecule has 1 unspecified atom stereocenters. The minimum atomic E-state index is 0.375. The SMILES string of the molecule is NC1CCC(N2CCN3C(=O)CCC3C2)CC1. The normalized spacial score (nSPS) is 39.5. The van der Waals surface area contributed by atoms with Gasteiger partial charge in [-0.3, -0.25) is 9.69 Å². The molecule has 3 rings (SSSR count). The van der Waals surface area contributed by atoms with Gasteiger partial charge in [0.15, 0.2) is 0 Å². The van der Waals surface area contributed by atoms with E-state index < -0.39 is 0 Å². The lowest BCUT2D eigenvalue weighted by atomic mass is 9.90. The van der Waals surface area contributed by atoms with Crippen molar-refractivity contribution in [2.75, 3.05) is 19.6 Å². The molecule has 1 atom stereocenters. The van der Waals surface area contributed by atoms with Gasteiger partial charge in [-0.05, 0) is 32.1 Å². The Morgan fingerprint density at radius 1 is 1.00 bits per heavy atom. The number of piperazine rings is 1. The third-order valence-electron chi connectivity index (χ3n) is 4.78. The van der Waals surface area contributed by atoms with Crippen molar-refractivity contribution in [3.8, 4) is 0 Å². The Labute approximate surface area is 103 Å². The van der Waals surface area contributed by atoms with Crippen LogP contribution in [-0.4, -0.2) is 53.5 Å². The van der Waals surface area contributed by atoms with E-state index in [0.717, 1.165) is 38.5 Å². The number of hydrogen-bond acceptors (Lipinski definition) is 3. The van der Waals surface area contributed by atoms with Crippen LogP contribution >= 0.6 is 0 Å². The van der Waals surface area contributed by atoms with Gasteiger partial charge in [0.05, 0.1) is 0 Å². The Bertz CT molecular complexity index is 299. The van der Waals surface area contributed by atoms with Crippen LogP contribution in [-0.2, 0) is 4.79 Å². The fourth-order valence-corrected chi connectivity index (χ4v) is 3.69. The molecule has 2 aliphatic heterocycles. The van der Waals surface area contributed by atoms with Crippen LogP contribution < -0.4 is 5.73 Å². The van der Waals surface area contributed by atoms with Gasteiger partial charge in [-0.15, -0.1) is 0 Å². The molecule has 4 heteroatoms. The molecule has 1 amide bonds. The molecular weight excluding hydrogens is 214 g/mol. The number of nitrogens with two attached hydrogens (primary N) is 1. The van der Waals surface area contributed by atoms with Crippen molar-refractivity contribution >= 4 is 5.91 Å². The highest BCUT2D eigenvalue weighted by molar-refractivity contribution is 5.78. The molecular formula is C13H23N3O. The number of amides is 1. The predicted molar refractivity (Wildman–Crippen MR) is 66.5 cm³/mol. The topological polar surface area (TPSA) is 49.6 Å². The van der Waals surface area contributed by atoms with Gasteiger partial charge in [0.2, 0.25) is 5.91 Å². The maximum absolute atomic E-state index is 11.6. The van der Waals surface area contributed by atoms with E-state index in [1.165, 1.54) is 25.7 Å². The number of carbonyl (C=O) groups is 1. The Morgan fingerprint density at radius 2 is 1.76 bits per heavy atom. The number of carbonyl (C=O) groups excluding carboxylic acids is 1. The molecule has 96 valence electrons. The summed E-state index contributed by atoms with van der Waals surface area (Å²) in [7, 11) is 0. The molecule has 0 aromatic heterocycles. The molecule has 2 heterocycles. The summed E-state index contributed by atoms with van der Waals surface area (Å²) >= 11 is 0. The first-order chi connectivity index (χ1) is 8.24. The minimum Gasteiger partial charge on any atom is -0.337 e. The van der Waals surface area contributed by atoms with E-state index in [0.29, 0.717) is 18.0 Å². The summed E-state index contributed by atoms with van der Waals surface area (Å²) in [5, 5.41) is 0. The van der Waals surface area contributed by atoms with Gasteiger partial charge in [-0.25, -0.2) is 0 Å². The lowest BCUT2D eigenvalue weighted by molar-refractivity contribution is -0.131. The molecule has 0 bridgehead atoms. The standard InChI is InChI=1S/C13H23N3O/c14-10-1-3-11(4-2-10)15-7-8-16-12(9-15)5-6-13(16)17/h10-12H,1-9,14H2. The van der Waals surface area contributed by atoms with Crippen LogP contribution in [0.1, 0.15) is 38.5 Å². The monoisotopic (exact) mass is 237 g/mol. The van der Waals surface area contributed by atoms with Crippen molar-refractivity contribution in [2.45, 2.75) is 56.7 Å². The van der Waals surface area contributed by atoms with Gasteiger partial charge >= 0.3 is 0 Å². The van der Waals surface area contributed by atoms with E-state index in [2.05, 4.69) is 9.80 Å². The third-order valence-corrected chi connectivity index (χ3v) is 4.78. The molecule has 0 radical (unpaired) electrons. The van der Waals surface area contributed by atoms with Crippen molar-refractivity contribution in [1.82, 2.24) is 9.80 Å². The fourth-order valence-electron chi connectivity index (χ4n) is 3.69. The molecule has 3 aliphatic rings. The van der Waals surface area contributed by atoms with Crippen LogP contribution in [0.15, 0.2) is 0 Å². The number of fused-ring (bicyclic) bond motifs is 1. The highest BCUT2D eigenvalue weighted by Crippen LogP contribution is 2.28. The van der Waals surface area contributed by atoms with Crippen LogP contribution in [0.25, 0.3) is 0 Å². The third kappa shape index (κ3) is 2.20. The summed E-state index contributed by atoms with van der Waals surface area (Å²) in [4.78, 5) is 16.3. The van der Waals surface area contributed by atoms with Crippen LogP contribution in [0, 0.1) is 0 Å². The summed E-state index contributed by atoms with van der Waals surface area (Å²) in [6.07, 6.45) is 6.70. The van der Waals surface area contributed by atoms with Crippen LogP contribution in [0.2, 0.25) is 0 Å². The molecule has 3 fully saturated rings. The van der Waals surface area contributed by atoms with E-state index in [1.807, 2.05) is 0 Å². The second-order valence-electron chi connectivity index (χ2n) is 5.84. The zero-order chi connectivity index (χ0) is 11.8. The maximum Gasteiger partial charge on any atom is 0.222 e. The van der Waals surface area contributed by atoms with Gasteiger partial charge < -0.3 is 10.6 Å². The summed E-state index contributed by atoms with van der Waals surface area (Å²) < 4.78 is 0. The number of rotatable bonds is 1. The first kappa shape index (κ1) is 11.5. The largest absolute Gasteiger partial charge is 0.337 e. The van der Waals surface area contributed by atoms with Crippen molar-refractivity contribution in [3.05, 3.63) is 0 Å². The number of nitrogens with zero attached hydrogens (tertiary/aromatic N) is 2. The van der Waals surface area contributed by atoms with Crippen LogP contribution in [0.3, 0.4) is 0 Å². The van der Waals surface area contributed by atoms with Gasteiger partial charge in [0, 0.05) is 44.2 Å². The van der Waals surface area contributed by atoms with E-state index in [4.69, 9.17) is 5.73 Å². The maximum atomic E-state index is 11.6. The molecule has 0 aromatic rings. The Balaban J connectivity index is 1.58. The van der Waals surface area contributed by atoms with Gasteiger partial charge in [-0.2, -0.15) is 0 Å². The molecule has 17 heavy (non-hydrogen) atoms. The van der Waals surface area contributed by atoms with Crippen molar-refractivity contribution in [2.24, 2.45) is 5.73 Å². The quantitative estimate of drug-likeness (QED) is 0.725. The fraction of sp³-hybridized carbons (Fsp3) is 0.923. The minimum absolute atomic E-state index is 0.375. The molecule has 1 saturated carbocycles. The second kappa shape index (κ2) is 4.58. The molecule has 0 spiro atoms. The van der Waals surface area contributed by atoms with Crippen molar-refractivity contribution in [1.29, 1.82) is 0 Å². The Morgan fingerprint density at radius 3 is 2.53 bits per heavy atom. The van der Waals surface area contributed by atoms with Crippen molar-refractivity contribution in [3.63, 3.8) is 0 Å². The van der Waals surface area contributed by atoms with E-state index in [9.17, 15) is 4.79 Å². The van der Waals surface area contributed by atoms with Crippen LogP contribution in [0.4, 0.5) is 0 Å². The zero-order valence-corrected chi connectivity index (χ0v) is 10.5. The van der Waals surface area contributed by atoms with Crippen molar-refractivity contribution < 1.29 is 4.79 Å². The summed E-state index contributed by atoms with van der Waals surface area (Å²) in [6.45, 7) is 3.12. The summed E-state index contributed by atoms with van der Waals surface area (Å²) in [5.74, 6) is 0.375. The average molecular weight is 237 g/mol. The average Bonchev–Trinajstić information content (AvgIpc) is 2.72. The summed E-state index contributed by atoms with van der Waals surface area (Å²) in [5.41, 5.74) is 5.96. The lowest BCUT2D eigenvalue weighted by Gasteiger charge is -2.43. The molecule has 0 aromatic carbocycles. The molecule has 2 N–H and O–H groups in total. The smallest absolute Gasteiger partial charge is 0.222 e. The lowest BCUT2D eigenvalue weighted by Crippen LogP contribution is -2.55. The molecule has 1 aliphatic carbocycles. The van der Waals surface area contributed by atoms with E-state index in [-0.39, 0.29) is 0 Å². The highest BCUT2D eigenvalue weighted by Gasteiger charge is 2.37. The summed E-state index contributed by atoms with van der Waals surface area (Å²) in [6, 6.07) is 1.67. The van der Waals surface area contributed by atoms with Gasteiger partial charge in [-0.1, -0.05) is 0 Å². The van der Waals surface area contributed by atoms with Gasteiger partial charge in [0.1, 0.15) is 0 Å². The first-order valence-corrected chi connectivity index (χ1v) is 7.03. The van der Waals surface area contributed by atoms with Crippen LogP contribution in [0.5, 0.6) is 0 Å². The zero-order valence-electron chi connectivity index (χ0n) is 10.5. The molecule has 2 saturated heterocycles. The van der Waals surface area contributed by atoms with Gasteiger partial charge in [0.25, 0.3) is 0 Å². The van der Waals surface area contributed by atoms with E-state index in [1.54, 1.807) is 0 Å². The first-order valence-electron chi connectivity index (χ1n) is 7.03. The highest BCUT2D eigenvalue weighted by atomic mass is 16.2. The van der Waals surface area contributed by atoms with E-state index >= 15 is 0 Å².